The highest BCUT2D eigenvalue weighted by Gasteiger charge is 2.49. The third-order valence-electron chi connectivity index (χ3n) is 3.66. The number of hydrogen-bond donors (Lipinski definition) is 0. The first-order valence-corrected chi connectivity index (χ1v) is 7.64. The Morgan fingerprint density at radius 2 is 1.70 bits per heavy atom. The van der Waals surface area contributed by atoms with Gasteiger partial charge < -0.3 is 11.8 Å². The van der Waals surface area contributed by atoms with Gasteiger partial charge in [0.1, 0.15) is 0 Å². The number of halogens is 3. The fraction of sp³-hybridized carbons (Fsp3) is 0.400. The van der Waals surface area contributed by atoms with Crippen LogP contribution in [0, 0.1) is 11.8 Å². The molecule has 106 valence electrons. The smallest absolute Gasteiger partial charge is 0.512 e. The molecule has 1 aromatic heterocycles. The molecule has 1 saturated carbocycles. The minimum atomic E-state index is -4.14. The van der Waals surface area contributed by atoms with E-state index in [1.165, 1.54) is 0 Å². The van der Waals surface area contributed by atoms with Gasteiger partial charge in [0, 0.05) is 17.4 Å². The predicted molar refractivity (Wildman–Crippen MR) is 73.9 cm³/mol. The Morgan fingerprint density at radius 1 is 1.10 bits per heavy atom. The Labute approximate surface area is 118 Å². The number of thiophene rings is 1. The van der Waals surface area contributed by atoms with E-state index in [1.54, 1.807) is 24.3 Å². The number of rotatable bonds is 1. The highest BCUT2D eigenvalue weighted by atomic mass is 32.2. The zero-order valence-electron chi connectivity index (χ0n) is 10.8. The molecule has 0 aliphatic heterocycles. The number of nitrogens with zero attached hydrogens (tertiary/aromatic N) is 1. The lowest BCUT2D eigenvalue weighted by Crippen LogP contribution is -2.00. The molecule has 1 aliphatic carbocycles. The molecule has 0 amide bonds. The number of hydrogen-bond acceptors (Lipinski definition) is 1. The van der Waals surface area contributed by atoms with E-state index in [0.717, 1.165) is 31.1 Å². The number of fused-ring (bicyclic) bond motifs is 1. The zero-order valence-corrected chi connectivity index (χ0v) is 11.6. The van der Waals surface area contributed by atoms with Crippen LogP contribution in [-0.2, 0) is 5.51 Å². The first-order valence-electron chi connectivity index (χ1n) is 6.41. The summed E-state index contributed by atoms with van der Waals surface area (Å²) in [5.74, 6) is 0.141. The molecule has 1 unspecified atom stereocenters. The number of benzene rings is 1. The van der Waals surface area contributed by atoms with Crippen LogP contribution in [0.15, 0.2) is 30.3 Å². The van der Waals surface area contributed by atoms with Gasteiger partial charge in [-0.1, -0.05) is 25.0 Å². The molecule has 3 rings (SSSR count). The highest BCUT2D eigenvalue weighted by molar-refractivity contribution is 7.38. The van der Waals surface area contributed by atoms with Crippen molar-refractivity contribution < 1.29 is 13.2 Å². The van der Waals surface area contributed by atoms with Gasteiger partial charge in [0.2, 0.25) is 0 Å². The maximum atomic E-state index is 13.3. The van der Waals surface area contributed by atoms with Crippen molar-refractivity contribution in [2.45, 2.75) is 37.1 Å². The van der Waals surface area contributed by atoms with Gasteiger partial charge in [-0.2, -0.15) is 0 Å². The fourth-order valence-electron chi connectivity index (χ4n) is 2.88. The maximum Gasteiger partial charge on any atom is 0.600 e. The molecular formula is C15H14F3NS. The van der Waals surface area contributed by atoms with E-state index in [0.29, 0.717) is 9.58 Å². The van der Waals surface area contributed by atoms with Gasteiger partial charge in [-0.05, 0) is 25.0 Å². The van der Waals surface area contributed by atoms with Crippen LogP contribution in [-0.4, -0.2) is 0 Å². The maximum absolute atomic E-state index is 13.3. The van der Waals surface area contributed by atoms with Gasteiger partial charge in [0.05, 0.1) is 10.5 Å². The average Bonchev–Trinajstić information content (AvgIpc) is 3.07. The van der Waals surface area contributed by atoms with Crippen LogP contribution in [0.3, 0.4) is 0 Å². The van der Waals surface area contributed by atoms with Crippen LogP contribution < -0.4 is 0 Å². The molecular weight excluding hydrogens is 283 g/mol. The van der Waals surface area contributed by atoms with Gasteiger partial charge in [-0.3, -0.25) is 0 Å². The van der Waals surface area contributed by atoms with E-state index in [9.17, 15) is 13.2 Å². The molecule has 20 heavy (non-hydrogen) atoms. The SMILES string of the molecule is FC(F)(F)[s+]1c(C2CCCC2)cc2ccccc21.[C-]#N. The average molecular weight is 297 g/mol. The molecule has 5 heteroatoms. The summed E-state index contributed by atoms with van der Waals surface area (Å²) < 4.78 is 40.4. The molecule has 1 heterocycles. The number of alkyl halides is 3. The molecule has 1 aromatic carbocycles. The van der Waals surface area contributed by atoms with E-state index in [-0.39, 0.29) is 5.92 Å². The summed E-state index contributed by atoms with van der Waals surface area (Å²) in [6, 6.07) is 8.73. The summed E-state index contributed by atoms with van der Waals surface area (Å²) in [5, 5.41) is 7.01. The van der Waals surface area contributed by atoms with E-state index in [1.807, 2.05) is 6.07 Å². The Bertz CT molecular complexity index is 606. The Kier molecular flexibility index (Phi) is 4.34. The van der Waals surface area contributed by atoms with Crippen molar-refractivity contribution in [1.29, 1.82) is 5.26 Å². The molecule has 1 aliphatic rings. The predicted octanol–water partition coefficient (Wildman–Crippen LogP) is 5.82. The van der Waals surface area contributed by atoms with Crippen molar-refractivity contribution in [2.24, 2.45) is 0 Å². The lowest BCUT2D eigenvalue weighted by Gasteiger charge is -2.05. The molecule has 0 bridgehead atoms. The minimum absolute atomic E-state index is 0.141. The first kappa shape index (κ1) is 14.9. The minimum Gasteiger partial charge on any atom is -0.512 e. The molecule has 1 atom stereocenters. The van der Waals surface area contributed by atoms with Gasteiger partial charge in [0.15, 0.2) is 9.58 Å². The van der Waals surface area contributed by atoms with Crippen LogP contribution in [0.1, 0.15) is 36.5 Å². The van der Waals surface area contributed by atoms with E-state index >= 15 is 0 Å². The molecule has 0 saturated heterocycles. The lowest BCUT2D eigenvalue weighted by atomic mass is 10.1. The van der Waals surface area contributed by atoms with Crippen molar-refractivity contribution in [2.75, 3.05) is 0 Å². The first-order chi connectivity index (χ1) is 9.57. The Morgan fingerprint density at radius 3 is 2.30 bits per heavy atom. The van der Waals surface area contributed by atoms with Gasteiger partial charge in [-0.15, -0.1) is 13.2 Å². The largest absolute Gasteiger partial charge is 0.600 e. The van der Waals surface area contributed by atoms with Gasteiger partial charge >= 0.3 is 5.51 Å². The van der Waals surface area contributed by atoms with Gasteiger partial charge in [-0.25, -0.2) is 0 Å². The zero-order chi connectivity index (χ0) is 14.8. The molecule has 2 aromatic rings. The van der Waals surface area contributed by atoms with Crippen LogP contribution >= 0.6 is 10.5 Å². The Hall–Kier alpha value is -1.54. The lowest BCUT2D eigenvalue weighted by molar-refractivity contribution is -0.0868. The van der Waals surface area contributed by atoms with Gasteiger partial charge in [0.25, 0.3) is 0 Å². The second kappa shape index (κ2) is 5.84. The quantitative estimate of drug-likeness (QED) is 0.480. The molecule has 0 N–H and O–H groups in total. The highest BCUT2D eigenvalue weighted by Crippen LogP contribution is 2.55. The topological polar surface area (TPSA) is 23.8 Å². The normalized spacial score (nSPS) is 16.9. The van der Waals surface area contributed by atoms with E-state index in [4.69, 9.17) is 11.8 Å². The van der Waals surface area contributed by atoms with Crippen molar-refractivity contribution in [3.63, 3.8) is 0 Å². The summed E-state index contributed by atoms with van der Waals surface area (Å²) in [6.45, 7) is 4.75. The van der Waals surface area contributed by atoms with Crippen LogP contribution in [0.4, 0.5) is 13.2 Å². The molecule has 0 spiro atoms. The van der Waals surface area contributed by atoms with Crippen molar-refractivity contribution in [3.8, 4) is 0 Å². The molecule has 0 radical (unpaired) electrons. The molecule has 1 fully saturated rings. The summed E-state index contributed by atoms with van der Waals surface area (Å²) in [7, 11) is -1.69. The Balaban J connectivity index is 0.000000704. The third-order valence-corrected chi connectivity index (χ3v) is 5.86. The van der Waals surface area contributed by atoms with Crippen LogP contribution in [0.5, 0.6) is 0 Å². The van der Waals surface area contributed by atoms with Crippen molar-refractivity contribution >= 4 is 20.6 Å². The monoisotopic (exact) mass is 297 g/mol. The second-order valence-corrected chi connectivity index (χ2v) is 6.80. The standard InChI is InChI=1S/C14H14F3S.CN/c15-14(16,17)18-12-8-4-3-7-11(12)9-13(18)10-5-1-2-6-10;1-2/h3-4,7-10H,1-2,5-6H2;/q+1;-1. The van der Waals surface area contributed by atoms with Crippen molar-refractivity contribution in [1.82, 2.24) is 0 Å². The van der Waals surface area contributed by atoms with E-state index < -0.39 is 16.0 Å². The van der Waals surface area contributed by atoms with Crippen LogP contribution in [0.2, 0.25) is 0 Å². The van der Waals surface area contributed by atoms with E-state index in [2.05, 4.69) is 0 Å². The summed E-state index contributed by atoms with van der Waals surface area (Å²) in [4.78, 5) is 0.626. The summed E-state index contributed by atoms with van der Waals surface area (Å²) in [6.07, 6.45) is 3.96. The summed E-state index contributed by atoms with van der Waals surface area (Å²) >= 11 is 0. The van der Waals surface area contributed by atoms with Crippen LogP contribution in [0.25, 0.3) is 10.1 Å². The second-order valence-electron chi connectivity index (χ2n) is 4.82. The van der Waals surface area contributed by atoms with Crippen molar-refractivity contribution in [3.05, 3.63) is 41.8 Å². The fourth-order valence-corrected chi connectivity index (χ4v) is 5.04. The third kappa shape index (κ3) is 2.66. The summed E-state index contributed by atoms with van der Waals surface area (Å²) in [5.41, 5.74) is -4.14. The molecule has 1 nitrogen and oxygen atoms in total.